The second-order valence-electron chi connectivity index (χ2n) is 4.56. The number of benzene rings is 2. The molecular formula is C15H10Cl2N2O4. The molecule has 0 aliphatic heterocycles. The summed E-state index contributed by atoms with van der Waals surface area (Å²) in [7, 11) is 0. The minimum atomic E-state index is -1.54. The highest BCUT2D eigenvalue weighted by Gasteiger charge is 2.24. The zero-order valence-corrected chi connectivity index (χ0v) is 13.0. The first-order valence-corrected chi connectivity index (χ1v) is 7.13. The molecule has 0 fully saturated rings. The van der Waals surface area contributed by atoms with E-state index in [1.807, 2.05) is 0 Å². The Morgan fingerprint density at radius 2 is 1.83 bits per heavy atom. The van der Waals surface area contributed by atoms with Gasteiger partial charge in [-0.25, -0.2) is 0 Å². The molecule has 8 heteroatoms. The van der Waals surface area contributed by atoms with Crippen LogP contribution in [0.5, 0.6) is 0 Å². The third-order valence-corrected chi connectivity index (χ3v) is 3.62. The molecule has 0 radical (unpaired) electrons. The molecule has 1 amide bonds. The number of amides is 1. The molecule has 0 bridgehead atoms. The first-order valence-electron chi connectivity index (χ1n) is 6.37. The Hall–Kier alpha value is -2.44. The van der Waals surface area contributed by atoms with Gasteiger partial charge >= 0.3 is 0 Å². The van der Waals surface area contributed by atoms with Crippen molar-refractivity contribution in [1.29, 1.82) is 0 Å². The van der Waals surface area contributed by atoms with E-state index in [1.54, 1.807) is 24.3 Å². The van der Waals surface area contributed by atoms with Crippen molar-refractivity contribution in [2.75, 3.05) is 5.32 Å². The number of nitrogens with zero attached hydrogens (tertiary/aromatic N) is 1. The first kappa shape index (κ1) is 16.9. The number of hydrogen-bond donors (Lipinski definition) is 1. The number of nitrogens with one attached hydrogen (secondary N) is 1. The van der Waals surface area contributed by atoms with Crippen molar-refractivity contribution in [2.45, 2.75) is 6.04 Å². The summed E-state index contributed by atoms with van der Waals surface area (Å²) in [6.07, 6.45) is 0.202. The molecule has 1 atom stereocenters. The minimum absolute atomic E-state index is 0.0210. The van der Waals surface area contributed by atoms with E-state index in [2.05, 4.69) is 5.32 Å². The SMILES string of the molecule is O=CC(c1ccc(NC(=O)c2ccc(Cl)cc2)cc1Cl)[N+](=O)[O-]. The number of rotatable bonds is 5. The molecule has 0 saturated carbocycles. The summed E-state index contributed by atoms with van der Waals surface area (Å²) < 4.78 is 0. The minimum Gasteiger partial charge on any atom is -0.322 e. The lowest BCUT2D eigenvalue weighted by Crippen LogP contribution is -2.14. The fourth-order valence-electron chi connectivity index (χ4n) is 1.89. The van der Waals surface area contributed by atoms with Gasteiger partial charge in [0.25, 0.3) is 11.9 Å². The predicted molar refractivity (Wildman–Crippen MR) is 86.7 cm³/mol. The monoisotopic (exact) mass is 352 g/mol. The summed E-state index contributed by atoms with van der Waals surface area (Å²) in [5.74, 6) is -0.383. The lowest BCUT2D eigenvalue weighted by atomic mass is 10.1. The maximum Gasteiger partial charge on any atom is 0.293 e. The first-order chi connectivity index (χ1) is 10.9. The molecule has 1 unspecified atom stereocenters. The van der Waals surface area contributed by atoms with Gasteiger partial charge in [-0.1, -0.05) is 23.2 Å². The Kier molecular flexibility index (Phi) is 5.31. The predicted octanol–water partition coefficient (Wildman–Crippen LogP) is 3.76. The van der Waals surface area contributed by atoms with Crippen molar-refractivity contribution in [3.05, 3.63) is 73.8 Å². The van der Waals surface area contributed by atoms with E-state index in [9.17, 15) is 19.7 Å². The smallest absolute Gasteiger partial charge is 0.293 e. The number of halogens is 2. The fraction of sp³-hybridized carbons (Fsp3) is 0.0667. The molecule has 0 aromatic heterocycles. The molecule has 0 spiro atoms. The van der Waals surface area contributed by atoms with Crippen LogP contribution in [0.1, 0.15) is 22.0 Å². The molecule has 6 nitrogen and oxygen atoms in total. The molecule has 2 rings (SSSR count). The molecule has 1 N–H and O–H groups in total. The molecule has 0 heterocycles. The molecule has 0 aliphatic carbocycles. The van der Waals surface area contributed by atoms with Crippen LogP contribution in [-0.2, 0) is 4.79 Å². The van der Waals surface area contributed by atoms with Crippen molar-refractivity contribution >= 4 is 41.1 Å². The van der Waals surface area contributed by atoms with Crippen LogP contribution in [0, 0.1) is 10.1 Å². The second-order valence-corrected chi connectivity index (χ2v) is 5.41. The van der Waals surface area contributed by atoms with Gasteiger partial charge in [0.15, 0.2) is 6.29 Å². The highest BCUT2D eigenvalue weighted by atomic mass is 35.5. The van der Waals surface area contributed by atoms with E-state index < -0.39 is 11.0 Å². The van der Waals surface area contributed by atoms with Crippen LogP contribution in [0.25, 0.3) is 0 Å². The average molecular weight is 353 g/mol. The van der Waals surface area contributed by atoms with Crippen molar-refractivity contribution in [2.24, 2.45) is 0 Å². The van der Waals surface area contributed by atoms with Gasteiger partial charge in [0, 0.05) is 21.2 Å². The van der Waals surface area contributed by atoms with Crippen molar-refractivity contribution < 1.29 is 14.5 Å². The van der Waals surface area contributed by atoms with Crippen molar-refractivity contribution in [3.63, 3.8) is 0 Å². The number of nitro groups is 1. The third kappa shape index (κ3) is 4.06. The zero-order chi connectivity index (χ0) is 17.0. The standard InChI is InChI=1S/C15H10Cl2N2O4/c16-10-3-1-9(2-4-10)15(21)18-11-5-6-12(13(17)7-11)14(8-20)19(22)23/h1-8,14H,(H,18,21). The van der Waals surface area contributed by atoms with Crippen LogP contribution in [0.2, 0.25) is 10.0 Å². The lowest BCUT2D eigenvalue weighted by molar-refractivity contribution is -0.511. The molecule has 2 aromatic rings. The van der Waals surface area contributed by atoms with E-state index in [0.717, 1.165) is 0 Å². The second kappa shape index (κ2) is 7.21. The average Bonchev–Trinajstić information content (AvgIpc) is 2.50. The van der Waals surface area contributed by atoms with Gasteiger partial charge in [-0.15, -0.1) is 0 Å². The highest BCUT2D eigenvalue weighted by Crippen LogP contribution is 2.27. The summed E-state index contributed by atoms with van der Waals surface area (Å²) in [4.78, 5) is 32.9. The number of anilines is 1. The Morgan fingerprint density at radius 1 is 1.17 bits per heavy atom. The van der Waals surface area contributed by atoms with Gasteiger partial charge in [0.2, 0.25) is 0 Å². The highest BCUT2D eigenvalue weighted by molar-refractivity contribution is 6.32. The Bertz CT molecular complexity index is 763. The van der Waals surface area contributed by atoms with Gasteiger partial charge in [0.1, 0.15) is 0 Å². The quantitative estimate of drug-likeness (QED) is 0.503. The normalized spacial score (nSPS) is 11.6. The van der Waals surface area contributed by atoms with Gasteiger partial charge in [0.05, 0.1) is 10.6 Å². The summed E-state index contributed by atoms with van der Waals surface area (Å²) in [6.45, 7) is 0. The maximum absolute atomic E-state index is 12.1. The number of carbonyl (C=O) groups is 2. The summed E-state index contributed by atoms with van der Waals surface area (Å²) in [5.41, 5.74) is 0.813. The summed E-state index contributed by atoms with van der Waals surface area (Å²) in [6, 6.07) is 8.87. The van der Waals surface area contributed by atoms with E-state index in [0.29, 0.717) is 16.3 Å². The van der Waals surface area contributed by atoms with Crippen molar-refractivity contribution in [1.82, 2.24) is 0 Å². The molecule has 118 valence electrons. The fourth-order valence-corrected chi connectivity index (χ4v) is 2.30. The van der Waals surface area contributed by atoms with E-state index in [4.69, 9.17) is 23.2 Å². The molecule has 0 aliphatic rings. The topological polar surface area (TPSA) is 89.3 Å². The van der Waals surface area contributed by atoms with E-state index in [-0.39, 0.29) is 22.8 Å². The van der Waals surface area contributed by atoms with Gasteiger partial charge in [-0.05, 0) is 42.5 Å². The van der Waals surface area contributed by atoms with Crippen molar-refractivity contribution in [3.8, 4) is 0 Å². The molecule has 2 aromatic carbocycles. The third-order valence-electron chi connectivity index (χ3n) is 3.04. The maximum atomic E-state index is 12.1. The number of hydrogen-bond acceptors (Lipinski definition) is 4. The van der Waals surface area contributed by atoms with Gasteiger partial charge in [-0.2, -0.15) is 0 Å². The Balaban J connectivity index is 2.20. The molecule has 23 heavy (non-hydrogen) atoms. The van der Waals surface area contributed by atoms with Gasteiger partial charge < -0.3 is 5.32 Å². The van der Waals surface area contributed by atoms with Crippen LogP contribution < -0.4 is 5.32 Å². The van der Waals surface area contributed by atoms with Crippen LogP contribution in [0.4, 0.5) is 5.69 Å². The van der Waals surface area contributed by atoms with Gasteiger partial charge in [-0.3, -0.25) is 19.7 Å². The lowest BCUT2D eigenvalue weighted by Gasteiger charge is -2.09. The van der Waals surface area contributed by atoms with E-state index >= 15 is 0 Å². The van der Waals surface area contributed by atoms with Crippen LogP contribution in [0.3, 0.4) is 0 Å². The number of aldehydes is 1. The molecule has 0 saturated heterocycles. The summed E-state index contributed by atoms with van der Waals surface area (Å²) >= 11 is 11.7. The van der Waals surface area contributed by atoms with E-state index in [1.165, 1.54) is 18.2 Å². The largest absolute Gasteiger partial charge is 0.322 e. The Morgan fingerprint density at radius 3 is 2.35 bits per heavy atom. The summed E-state index contributed by atoms with van der Waals surface area (Å²) in [5, 5.41) is 13.9. The Labute approximate surface area is 141 Å². The van der Waals surface area contributed by atoms with Crippen LogP contribution >= 0.6 is 23.2 Å². The van der Waals surface area contributed by atoms with Crippen LogP contribution in [-0.4, -0.2) is 17.1 Å². The molecular weight excluding hydrogens is 343 g/mol. The zero-order valence-electron chi connectivity index (χ0n) is 11.5. The number of carbonyl (C=O) groups excluding carboxylic acids is 2. The van der Waals surface area contributed by atoms with Crippen LogP contribution in [0.15, 0.2) is 42.5 Å².